The highest BCUT2D eigenvalue weighted by molar-refractivity contribution is 14.0. The molecular formula is C22H34IN5O. The number of piperazine rings is 1. The summed E-state index contributed by atoms with van der Waals surface area (Å²) in [6.45, 7) is 5.08. The number of amides is 1. The van der Waals surface area contributed by atoms with E-state index in [2.05, 4.69) is 49.7 Å². The first-order valence-corrected chi connectivity index (χ1v) is 10.7. The summed E-state index contributed by atoms with van der Waals surface area (Å²) in [4.78, 5) is 20.7. The number of anilines is 1. The second-order valence-corrected chi connectivity index (χ2v) is 8.57. The number of carbonyl (C=O) groups excluding carboxylic acids is 1. The molecule has 2 N–H and O–H groups in total. The highest BCUT2D eigenvalue weighted by Gasteiger charge is 2.39. The lowest BCUT2D eigenvalue weighted by Crippen LogP contribution is -2.47. The average Bonchev–Trinajstić information content (AvgIpc) is 3.12. The van der Waals surface area contributed by atoms with E-state index in [1.54, 1.807) is 0 Å². The lowest BCUT2D eigenvalue weighted by atomic mass is 9.73. The van der Waals surface area contributed by atoms with Gasteiger partial charge >= 0.3 is 0 Å². The minimum Gasteiger partial charge on any atom is -0.360 e. The van der Waals surface area contributed by atoms with Gasteiger partial charge in [-0.1, -0.05) is 31.4 Å². The predicted octanol–water partition coefficient (Wildman–Crippen LogP) is 2.97. The molecule has 0 radical (unpaired) electrons. The highest BCUT2D eigenvalue weighted by atomic mass is 127. The summed E-state index contributed by atoms with van der Waals surface area (Å²) in [5.41, 5.74) is 2.89. The molecule has 6 nitrogen and oxygen atoms in total. The Morgan fingerprint density at radius 1 is 1.14 bits per heavy atom. The third kappa shape index (κ3) is 5.35. The van der Waals surface area contributed by atoms with Crippen LogP contribution in [0.25, 0.3) is 0 Å². The van der Waals surface area contributed by atoms with Gasteiger partial charge in [0.25, 0.3) is 0 Å². The average molecular weight is 511 g/mol. The first-order valence-electron chi connectivity index (χ1n) is 10.7. The van der Waals surface area contributed by atoms with E-state index >= 15 is 0 Å². The Kier molecular flexibility index (Phi) is 7.65. The molecule has 1 aromatic rings. The molecule has 1 spiro atoms. The van der Waals surface area contributed by atoms with Crippen LogP contribution in [0, 0.1) is 5.41 Å². The van der Waals surface area contributed by atoms with Crippen molar-refractivity contribution < 1.29 is 4.79 Å². The fraction of sp³-hybridized carbons (Fsp3) is 0.636. The lowest BCUT2D eigenvalue weighted by molar-refractivity contribution is -0.120. The molecule has 3 aliphatic rings. The number of hydrogen-bond acceptors (Lipinski definition) is 3. The SMILES string of the molecule is CN=C(NCc1ccc(N2CCNC(=O)C2)cc1)N1CCC2(CCCCC2)C1.I. The molecule has 1 aliphatic carbocycles. The minimum absolute atomic E-state index is 0. The van der Waals surface area contributed by atoms with E-state index < -0.39 is 0 Å². The summed E-state index contributed by atoms with van der Waals surface area (Å²) in [5.74, 6) is 1.13. The van der Waals surface area contributed by atoms with Gasteiger partial charge in [-0.15, -0.1) is 24.0 Å². The third-order valence-corrected chi connectivity index (χ3v) is 6.65. The Bertz CT molecular complexity index is 714. The molecule has 4 rings (SSSR count). The van der Waals surface area contributed by atoms with Crippen LogP contribution < -0.4 is 15.5 Å². The van der Waals surface area contributed by atoms with E-state index in [1.165, 1.54) is 44.1 Å². The molecule has 7 heteroatoms. The molecule has 2 heterocycles. The molecule has 160 valence electrons. The molecule has 1 aromatic carbocycles. The van der Waals surface area contributed by atoms with Crippen molar-refractivity contribution in [2.24, 2.45) is 10.4 Å². The molecule has 0 unspecified atom stereocenters. The monoisotopic (exact) mass is 511 g/mol. The molecule has 29 heavy (non-hydrogen) atoms. The molecule has 3 fully saturated rings. The molecular weight excluding hydrogens is 477 g/mol. The van der Waals surface area contributed by atoms with E-state index in [0.717, 1.165) is 44.4 Å². The minimum atomic E-state index is 0. The summed E-state index contributed by atoms with van der Waals surface area (Å²) in [5, 5.41) is 6.43. The zero-order valence-electron chi connectivity index (χ0n) is 17.5. The van der Waals surface area contributed by atoms with Crippen molar-refractivity contribution in [2.75, 3.05) is 44.7 Å². The van der Waals surface area contributed by atoms with Crippen LogP contribution >= 0.6 is 24.0 Å². The maximum absolute atomic E-state index is 11.6. The fourth-order valence-electron chi connectivity index (χ4n) is 5.02. The third-order valence-electron chi connectivity index (χ3n) is 6.65. The van der Waals surface area contributed by atoms with Gasteiger partial charge in [0.2, 0.25) is 5.91 Å². The summed E-state index contributed by atoms with van der Waals surface area (Å²) < 4.78 is 0. The predicted molar refractivity (Wildman–Crippen MR) is 129 cm³/mol. The van der Waals surface area contributed by atoms with E-state index in [4.69, 9.17) is 0 Å². The number of hydrogen-bond donors (Lipinski definition) is 2. The van der Waals surface area contributed by atoms with Crippen LogP contribution in [0.5, 0.6) is 0 Å². The van der Waals surface area contributed by atoms with Gasteiger partial charge in [0, 0.05) is 45.5 Å². The topological polar surface area (TPSA) is 60.0 Å². The summed E-state index contributed by atoms with van der Waals surface area (Å²) >= 11 is 0. The van der Waals surface area contributed by atoms with Gasteiger partial charge < -0.3 is 20.4 Å². The Morgan fingerprint density at radius 3 is 2.59 bits per heavy atom. The number of guanidine groups is 1. The number of aliphatic imine (C=N–C) groups is 1. The van der Waals surface area contributed by atoms with Crippen LogP contribution in [0.3, 0.4) is 0 Å². The van der Waals surface area contributed by atoms with E-state index in [-0.39, 0.29) is 29.9 Å². The lowest BCUT2D eigenvalue weighted by Gasteiger charge is -2.33. The van der Waals surface area contributed by atoms with Gasteiger partial charge in [0.1, 0.15) is 0 Å². The van der Waals surface area contributed by atoms with Gasteiger partial charge in [-0.05, 0) is 42.4 Å². The largest absolute Gasteiger partial charge is 0.360 e. The van der Waals surface area contributed by atoms with Crippen molar-refractivity contribution in [3.63, 3.8) is 0 Å². The molecule has 0 aromatic heterocycles. The number of benzene rings is 1. The molecule has 0 atom stereocenters. The van der Waals surface area contributed by atoms with Crippen LogP contribution in [0.1, 0.15) is 44.1 Å². The number of nitrogens with zero attached hydrogens (tertiary/aromatic N) is 3. The van der Waals surface area contributed by atoms with Gasteiger partial charge in [0.15, 0.2) is 5.96 Å². The van der Waals surface area contributed by atoms with E-state index in [1.807, 2.05) is 7.05 Å². The number of nitrogens with one attached hydrogen (secondary N) is 2. The quantitative estimate of drug-likeness (QED) is 0.372. The van der Waals surface area contributed by atoms with Crippen molar-refractivity contribution in [3.05, 3.63) is 29.8 Å². The Labute approximate surface area is 191 Å². The van der Waals surface area contributed by atoms with Gasteiger partial charge in [-0.25, -0.2) is 0 Å². The zero-order valence-corrected chi connectivity index (χ0v) is 19.8. The van der Waals surface area contributed by atoms with Crippen molar-refractivity contribution >= 4 is 41.5 Å². The van der Waals surface area contributed by atoms with Crippen molar-refractivity contribution in [3.8, 4) is 0 Å². The van der Waals surface area contributed by atoms with Crippen LogP contribution in [0.15, 0.2) is 29.3 Å². The normalized spacial score (nSPS) is 21.7. The first-order chi connectivity index (χ1) is 13.7. The zero-order chi connectivity index (χ0) is 19.4. The Morgan fingerprint density at radius 2 is 1.90 bits per heavy atom. The molecule has 2 saturated heterocycles. The van der Waals surface area contributed by atoms with Gasteiger partial charge in [0.05, 0.1) is 6.54 Å². The Hall–Kier alpha value is -1.51. The smallest absolute Gasteiger partial charge is 0.239 e. The van der Waals surface area contributed by atoms with E-state index in [0.29, 0.717) is 12.0 Å². The number of rotatable bonds is 3. The van der Waals surface area contributed by atoms with Crippen LogP contribution in [0.4, 0.5) is 5.69 Å². The summed E-state index contributed by atoms with van der Waals surface area (Å²) in [6.07, 6.45) is 8.28. The van der Waals surface area contributed by atoms with Crippen molar-refractivity contribution in [2.45, 2.75) is 45.1 Å². The Balaban J connectivity index is 0.00000240. The van der Waals surface area contributed by atoms with Crippen LogP contribution in [-0.2, 0) is 11.3 Å². The second kappa shape index (κ2) is 10.00. The van der Waals surface area contributed by atoms with Crippen molar-refractivity contribution in [1.82, 2.24) is 15.5 Å². The molecule has 1 saturated carbocycles. The number of halogens is 1. The molecule has 1 amide bonds. The maximum Gasteiger partial charge on any atom is 0.239 e. The van der Waals surface area contributed by atoms with Crippen molar-refractivity contribution in [1.29, 1.82) is 0 Å². The van der Waals surface area contributed by atoms with Gasteiger partial charge in [-0.2, -0.15) is 0 Å². The number of carbonyl (C=O) groups is 1. The maximum atomic E-state index is 11.6. The highest BCUT2D eigenvalue weighted by Crippen LogP contribution is 2.43. The summed E-state index contributed by atoms with van der Waals surface area (Å²) in [6, 6.07) is 8.53. The summed E-state index contributed by atoms with van der Waals surface area (Å²) in [7, 11) is 1.89. The van der Waals surface area contributed by atoms with Gasteiger partial charge in [-0.3, -0.25) is 9.79 Å². The number of likely N-dealkylation sites (tertiary alicyclic amines) is 1. The second-order valence-electron chi connectivity index (χ2n) is 8.57. The van der Waals surface area contributed by atoms with Crippen LogP contribution in [-0.4, -0.2) is 56.5 Å². The molecule has 2 aliphatic heterocycles. The molecule has 0 bridgehead atoms. The fourth-order valence-corrected chi connectivity index (χ4v) is 5.02. The van der Waals surface area contributed by atoms with E-state index in [9.17, 15) is 4.79 Å². The van der Waals surface area contributed by atoms with Crippen LogP contribution in [0.2, 0.25) is 0 Å². The first kappa shape index (κ1) is 22.2. The standard InChI is InChI=1S/C22H33N5O.HI/c1-23-21(27-13-11-22(17-27)9-3-2-4-10-22)25-15-18-5-7-19(8-6-18)26-14-12-24-20(28)16-26;/h5-8H,2-4,9-17H2,1H3,(H,23,25)(H,24,28);1H.